The maximum Gasteiger partial charge on any atom is 0.234 e. The zero-order valence-corrected chi connectivity index (χ0v) is 17.7. The first-order chi connectivity index (χ1) is 14.2. The summed E-state index contributed by atoms with van der Waals surface area (Å²) in [4.78, 5) is 14.7. The number of para-hydroxylation sites is 1. The number of thioether (sulfide) groups is 1. The number of hydrogen-bond donors (Lipinski definition) is 1. The van der Waals surface area contributed by atoms with E-state index in [9.17, 15) is 4.79 Å². The second-order valence-electron chi connectivity index (χ2n) is 7.90. The van der Waals surface area contributed by atoms with Crippen LogP contribution in [0.5, 0.6) is 0 Å². The predicted octanol–water partition coefficient (Wildman–Crippen LogP) is 3.42. The van der Waals surface area contributed by atoms with E-state index in [2.05, 4.69) is 31.9 Å². The highest BCUT2D eigenvalue weighted by molar-refractivity contribution is 7.99. The van der Waals surface area contributed by atoms with Gasteiger partial charge in [-0.3, -0.25) is 9.36 Å². The summed E-state index contributed by atoms with van der Waals surface area (Å²) >= 11 is 1.44. The molecule has 0 radical (unpaired) electrons. The average molecular weight is 416 g/mol. The summed E-state index contributed by atoms with van der Waals surface area (Å²) in [6.45, 7) is 5.89. The van der Waals surface area contributed by atoms with Gasteiger partial charge in [0.1, 0.15) is 0 Å². The van der Waals surface area contributed by atoms with Crippen molar-refractivity contribution in [1.82, 2.24) is 14.8 Å². The highest BCUT2D eigenvalue weighted by Crippen LogP contribution is 2.28. The molecule has 156 valence electrons. The Morgan fingerprint density at radius 1 is 1.21 bits per heavy atom. The Labute approximate surface area is 176 Å². The summed E-state index contributed by atoms with van der Waals surface area (Å²) in [5.41, 5.74) is 0.807. The van der Waals surface area contributed by atoms with E-state index in [4.69, 9.17) is 4.74 Å². The van der Waals surface area contributed by atoms with E-state index in [1.807, 2.05) is 30.3 Å². The molecule has 7 nitrogen and oxygen atoms in total. The van der Waals surface area contributed by atoms with Gasteiger partial charge in [-0.1, -0.05) is 36.9 Å². The number of piperidine rings is 1. The lowest BCUT2D eigenvalue weighted by Gasteiger charge is -2.31. The van der Waals surface area contributed by atoms with Crippen molar-refractivity contribution in [2.24, 2.45) is 5.92 Å². The van der Waals surface area contributed by atoms with Crippen LogP contribution in [-0.4, -0.2) is 52.2 Å². The lowest BCUT2D eigenvalue weighted by molar-refractivity contribution is -0.113. The number of aromatic nitrogens is 3. The Hall–Kier alpha value is -2.06. The molecule has 0 bridgehead atoms. The van der Waals surface area contributed by atoms with E-state index < -0.39 is 0 Å². The highest BCUT2D eigenvalue weighted by atomic mass is 32.2. The van der Waals surface area contributed by atoms with Gasteiger partial charge in [0.15, 0.2) is 5.16 Å². The van der Waals surface area contributed by atoms with Crippen LogP contribution in [-0.2, 0) is 16.1 Å². The Morgan fingerprint density at radius 2 is 2.00 bits per heavy atom. The molecule has 1 N–H and O–H groups in total. The SMILES string of the molecule is CC1CCN(c2nnc(SCC(=O)Nc3ccccc3)n2CC2CCCO2)CC1. The van der Waals surface area contributed by atoms with Crippen molar-refractivity contribution in [3.8, 4) is 0 Å². The van der Waals surface area contributed by atoms with Crippen molar-refractivity contribution < 1.29 is 9.53 Å². The summed E-state index contributed by atoms with van der Waals surface area (Å²) in [6, 6.07) is 9.52. The number of carbonyl (C=O) groups is 1. The molecule has 0 spiro atoms. The van der Waals surface area contributed by atoms with Crippen molar-refractivity contribution >= 4 is 29.3 Å². The smallest absolute Gasteiger partial charge is 0.234 e. The molecule has 0 saturated carbocycles. The fourth-order valence-corrected chi connectivity index (χ4v) is 4.57. The summed E-state index contributed by atoms with van der Waals surface area (Å²) in [6.07, 6.45) is 4.72. The highest BCUT2D eigenvalue weighted by Gasteiger charge is 2.26. The largest absolute Gasteiger partial charge is 0.376 e. The fourth-order valence-electron chi connectivity index (χ4n) is 3.83. The van der Waals surface area contributed by atoms with Crippen LogP contribution in [0.2, 0.25) is 0 Å². The molecule has 2 saturated heterocycles. The maximum atomic E-state index is 12.4. The van der Waals surface area contributed by atoms with Gasteiger partial charge in [-0.05, 0) is 43.7 Å². The number of hydrogen-bond acceptors (Lipinski definition) is 6. The van der Waals surface area contributed by atoms with Crippen molar-refractivity contribution in [2.45, 2.75) is 50.4 Å². The zero-order valence-electron chi connectivity index (χ0n) is 16.9. The predicted molar refractivity (Wildman–Crippen MR) is 115 cm³/mol. The lowest BCUT2D eigenvalue weighted by atomic mass is 10.00. The standard InChI is InChI=1S/C21H29N5O2S/c1-16-9-11-25(12-10-16)20-23-24-21(26(20)14-18-8-5-13-28-18)29-15-19(27)22-17-6-3-2-4-7-17/h2-4,6-7,16,18H,5,8-15H2,1H3,(H,22,27). The minimum absolute atomic E-state index is 0.0405. The first-order valence-corrected chi connectivity index (χ1v) is 11.4. The summed E-state index contributed by atoms with van der Waals surface area (Å²) in [7, 11) is 0. The third kappa shape index (κ3) is 5.30. The molecule has 2 aromatic rings. The van der Waals surface area contributed by atoms with E-state index >= 15 is 0 Å². The van der Waals surface area contributed by atoms with Crippen LogP contribution >= 0.6 is 11.8 Å². The fraction of sp³-hybridized carbons (Fsp3) is 0.571. The van der Waals surface area contributed by atoms with Gasteiger partial charge in [-0.2, -0.15) is 0 Å². The second-order valence-corrected chi connectivity index (χ2v) is 8.84. The monoisotopic (exact) mass is 415 g/mol. The minimum Gasteiger partial charge on any atom is -0.376 e. The van der Waals surface area contributed by atoms with Gasteiger partial charge in [0.25, 0.3) is 0 Å². The number of nitrogens with one attached hydrogen (secondary N) is 1. The number of anilines is 2. The molecular formula is C21H29N5O2S. The number of nitrogens with zero attached hydrogens (tertiary/aromatic N) is 4. The molecule has 1 amide bonds. The maximum absolute atomic E-state index is 12.4. The van der Waals surface area contributed by atoms with Crippen LogP contribution in [0.1, 0.15) is 32.6 Å². The molecule has 3 heterocycles. The first-order valence-electron chi connectivity index (χ1n) is 10.5. The summed E-state index contributed by atoms with van der Waals surface area (Å²) in [5, 5.41) is 12.6. The van der Waals surface area contributed by atoms with E-state index in [0.29, 0.717) is 5.75 Å². The number of carbonyl (C=O) groups excluding carboxylic acids is 1. The zero-order chi connectivity index (χ0) is 20.1. The van der Waals surface area contributed by atoms with Crippen molar-refractivity contribution in [2.75, 3.05) is 35.7 Å². The van der Waals surface area contributed by atoms with Crippen LogP contribution in [0.3, 0.4) is 0 Å². The Balaban J connectivity index is 1.44. The molecule has 1 aromatic carbocycles. The second kappa shape index (κ2) is 9.63. The van der Waals surface area contributed by atoms with Gasteiger partial charge < -0.3 is 15.0 Å². The molecule has 2 aliphatic rings. The Morgan fingerprint density at radius 3 is 2.72 bits per heavy atom. The quantitative estimate of drug-likeness (QED) is 0.699. The molecule has 1 aromatic heterocycles. The van der Waals surface area contributed by atoms with Gasteiger partial charge in [-0.25, -0.2) is 0 Å². The van der Waals surface area contributed by atoms with Crippen molar-refractivity contribution in [3.05, 3.63) is 30.3 Å². The molecule has 1 unspecified atom stereocenters. The number of benzene rings is 1. The first kappa shape index (κ1) is 20.2. The normalized spacial score (nSPS) is 20.2. The van der Waals surface area contributed by atoms with Crippen LogP contribution in [0, 0.1) is 5.92 Å². The third-order valence-corrected chi connectivity index (χ3v) is 6.53. The van der Waals surface area contributed by atoms with Gasteiger partial charge in [0, 0.05) is 25.4 Å². The van der Waals surface area contributed by atoms with Gasteiger partial charge in [0.05, 0.1) is 18.4 Å². The van der Waals surface area contributed by atoms with Crippen LogP contribution < -0.4 is 10.2 Å². The average Bonchev–Trinajstić information content (AvgIpc) is 3.38. The summed E-state index contributed by atoms with van der Waals surface area (Å²) < 4.78 is 8.02. The van der Waals surface area contributed by atoms with Crippen LogP contribution in [0.15, 0.2) is 35.5 Å². The van der Waals surface area contributed by atoms with Gasteiger partial charge >= 0.3 is 0 Å². The Kier molecular flexibility index (Phi) is 6.71. The number of amides is 1. The molecule has 2 aliphatic heterocycles. The summed E-state index contributed by atoms with van der Waals surface area (Å²) in [5.74, 6) is 1.94. The van der Waals surface area contributed by atoms with Crippen molar-refractivity contribution in [1.29, 1.82) is 0 Å². The molecule has 1 atom stereocenters. The van der Waals surface area contributed by atoms with Crippen LogP contribution in [0.25, 0.3) is 0 Å². The molecule has 2 fully saturated rings. The van der Waals surface area contributed by atoms with Crippen molar-refractivity contribution in [3.63, 3.8) is 0 Å². The van der Waals surface area contributed by atoms with E-state index in [-0.39, 0.29) is 12.0 Å². The number of rotatable bonds is 7. The van der Waals surface area contributed by atoms with Gasteiger partial charge in [0.2, 0.25) is 11.9 Å². The van der Waals surface area contributed by atoms with E-state index in [1.165, 1.54) is 24.6 Å². The minimum atomic E-state index is -0.0405. The molecular weight excluding hydrogens is 386 g/mol. The Bertz CT molecular complexity index is 799. The lowest BCUT2D eigenvalue weighted by Crippen LogP contribution is -2.35. The third-order valence-electron chi connectivity index (χ3n) is 5.56. The topological polar surface area (TPSA) is 72.3 Å². The van der Waals surface area contributed by atoms with E-state index in [1.54, 1.807) is 0 Å². The van der Waals surface area contributed by atoms with Gasteiger partial charge in [-0.15, -0.1) is 10.2 Å². The van der Waals surface area contributed by atoms with E-state index in [0.717, 1.165) is 61.8 Å². The molecule has 8 heteroatoms. The molecule has 4 rings (SSSR count). The number of ether oxygens (including phenoxy) is 1. The molecule has 29 heavy (non-hydrogen) atoms. The molecule has 0 aliphatic carbocycles. The van der Waals surface area contributed by atoms with Crippen LogP contribution in [0.4, 0.5) is 11.6 Å².